The lowest BCUT2D eigenvalue weighted by Gasteiger charge is -2.05. The van der Waals surface area contributed by atoms with Gasteiger partial charge in [0.05, 0.1) is 25.5 Å². The van der Waals surface area contributed by atoms with E-state index < -0.39 is 0 Å². The molecule has 0 aromatic heterocycles. The molecule has 0 aliphatic heterocycles. The molecule has 0 bridgehead atoms. The molecule has 0 saturated heterocycles. The third-order valence-corrected chi connectivity index (χ3v) is 1.88. The van der Waals surface area contributed by atoms with Gasteiger partial charge in [-0.2, -0.15) is 0 Å². The third-order valence-electron chi connectivity index (χ3n) is 1.59. The largest absolute Gasteiger partial charge is 0.504 e. The van der Waals surface area contributed by atoms with Gasteiger partial charge in [0, 0.05) is 5.56 Å². The summed E-state index contributed by atoms with van der Waals surface area (Å²) in [5.74, 6) is 0.664. The van der Waals surface area contributed by atoms with Crippen molar-refractivity contribution in [2.75, 3.05) is 14.2 Å². The molecule has 0 N–H and O–H groups in total. The lowest BCUT2D eigenvalue weighted by Crippen LogP contribution is -1.87. The second-order valence-electron chi connectivity index (χ2n) is 2.40. The zero-order chi connectivity index (χ0) is 9.68. The summed E-state index contributed by atoms with van der Waals surface area (Å²) in [4.78, 5) is 0. The molecule has 0 atom stereocenters. The van der Waals surface area contributed by atoms with E-state index in [9.17, 15) is 0 Å². The average Bonchev–Trinajstić information content (AvgIpc) is 2.15. The molecule has 3 heteroatoms. The van der Waals surface area contributed by atoms with Crippen LogP contribution in [-0.2, 0) is 4.74 Å². The van der Waals surface area contributed by atoms with Crippen LogP contribution in [0.2, 0.25) is 5.02 Å². The molecule has 0 heterocycles. The molecule has 1 aromatic rings. The molecule has 1 rings (SSSR count). The van der Waals surface area contributed by atoms with Gasteiger partial charge in [-0.3, -0.25) is 0 Å². The Balaban J connectivity index is 3.05. The van der Waals surface area contributed by atoms with Crippen molar-refractivity contribution in [3.63, 3.8) is 0 Å². The van der Waals surface area contributed by atoms with Crippen molar-refractivity contribution in [3.8, 4) is 5.75 Å². The Morgan fingerprint density at radius 2 is 2.08 bits per heavy atom. The summed E-state index contributed by atoms with van der Waals surface area (Å²) in [5, 5.41) is 0.598. The van der Waals surface area contributed by atoms with Gasteiger partial charge >= 0.3 is 0 Å². The van der Waals surface area contributed by atoms with E-state index in [2.05, 4.69) is 0 Å². The van der Waals surface area contributed by atoms with Crippen LogP contribution >= 0.6 is 11.6 Å². The van der Waals surface area contributed by atoms with E-state index in [1.165, 1.54) is 0 Å². The molecule has 0 amide bonds. The molecule has 0 saturated carbocycles. The van der Waals surface area contributed by atoms with Crippen LogP contribution in [0.25, 0.3) is 6.08 Å². The normalized spacial score (nSPS) is 10.4. The van der Waals surface area contributed by atoms with Crippen LogP contribution < -0.4 is 4.74 Å². The zero-order valence-corrected chi connectivity index (χ0v) is 8.34. The predicted molar refractivity (Wildman–Crippen MR) is 54.0 cm³/mol. The minimum absolute atomic E-state index is 0.598. The molecule has 0 aliphatic carbocycles. The standard InChI is InChI=1S/C10H11ClO2/c1-12-7-6-8-4-3-5-9(11)10(8)13-2/h3-7H,1-2H3/b7-6+. The first-order valence-corrected chi connectivity index (χ1v) is 4.19. The summed E-state index contributed by atoms with van der Waals surface area (Å²) in [6.07, 6.45) is 3.37. The van der Waals surface area contributed by atoms with E-state index in [0.717, 1.165) is 5.56 Å². The van der Waals surface area contributed by atoms with E-state index in [1.807, 2.05) is 12.1 Å². The summed E-state index contributed by atoms with van der Waals surface area (Å²) in [5.41, 5.74) is 0.900. The number of hydrogen-bond acceptors (Lipinski definition) is 2. The van der Waals surface area contributed by atoms with Crippen LogP contribution in [0.3, 0.4) is 0 Å². The van der Waals surface area contributed by atoms with Crippen molar-refractivity contribution in [2.24, 2.45) is 0 Å². The maximum absolute atomic E-state index is 5.91. The first kappa shape index (κ1) is 9.93. The van der Waals surface area contributed by atoms with Gasteiger partial charge in [0.25, 0.3) is 0 Å². The number of halogens is 1. The summed E-state index contributed by atoms with van der Waals surface area (Å²) in [7, 11) is 3.18. The molecule has 0 radical (unpaired) electrons. The first-order chi connectivity index (χ1) is 6.29. The monoisotopic (exact) mass is 198 g/mol. The third kappa shape index (κ3) is 2.39. The Hall–Kier alpha value is -1.15. The van der Waals surface area contributed by atoms with Gasteiger partial charge in [-0.1, -0.05) is 23.7 Å². The molecule has 0 fully saturated rings. The molecule has 1 aromatic carbocycles. The molecule has 70 valence electrons. The Morgan fingerprint density at radius 3 is 2.69 bits per heavy atom. The van der Waals surface area contributed by atoms with E-state index in [4.69, 9.17) is 21.1 Å². The fraction of sp³-hybridized carbons (Fsp3) is 0.200. The highest BCUT2D eigenvalue weighted by molar-refractivity contribution is 6.32. The maximum Gasteiger partial charge on any atom is 0.144 e. The minimum atomic E-state index is 0.598. The van der Waals surface area contributed by atoms with Gasteiger partial charge in [0.15, 0.2) is 0 Å². The van der Waals surface area contributed by atoms with Crippen LogP contribution in [-0.4, -0.2) is 14.2 Å². The van der Waals surface area contributed by atoms with Crippen molar-refractivity contribution in [2.45, 2.75) is 0 Å². The van der Waals surface area contributed by atoms with Gasteiger partial charge in [-0.15, -0.1) is 0 Å². The number of ether oxygens (including phenoxy) is 2. The Kier molecular flexibility index (Phi) is 3.65. The van der Waals surface area contributed by atoms with Crippen molar-refractivity contribution >= 4 is 17.7 Å². The highest BCUT2D eigenvalue weighted by Crippen LogP contribution is 2.28. The van der Waals surface area contributed by atoms with Crippen LogP contribution in [0, 0.1) is 0 Å². The zero-order valence-electron chi connectivity index (χ0n) is 7.58. The fourth-order valence-electron chi connectivity index (χ4n) is 1.01. The van der Waals surface area contributed by atoms with Gasteiger partial charge in [0.2, 0.25) is 0 Å². The van der Waals surface area contributed by atoms with E-state index in [1.54, 1.807) is 32.6 Å². The Labute approximate surface area is 82.7 Å². The minimum Gasteiger partial charge on any atom is -0.504 e. The highest BCUT2D eigenvalue weighted by Gasteiger charge is 2.03. The molecule has 13 heavy (non-hydrogen) atoms. The maximum atomic E-state index is 5.91. The van der Waals surface area contributed by atoms with E-state index in [-0.39, 0.29) is 0 Å². The van der Waals surface area contributed by atoms with Gasteiger partial charge in [-0.05, 0) is 12.1 Å². The molecular weight excluding hydrogens is 188 g/mol. The van der Waals surface area contributed by atoms with Crippen molar-refractivity contribution in [3.05, 3.63) is 35.0 Å². The molecule has 0 spiro atoms. The van der Waals surface area contributed by atoms with Gasteiger partial charge in [0.1, 0.15) is 5.75 Å². The number of hydrogen-bond donors (Lipinski definition) is 0. The van der Waals surface area contributed by atoms with Gasteiger partial charge < -0.3 is 9.47 Å². The van der Waals surface area contributed by atoms with Crippen LogP contribution in [0.5, 0.6) is 5.75 Å². The summed E-state index contributed by atoms with van der Waals surface area (Å²) in [6, 6.07) is 5.55. The summed E-state index contributed by atoms with van der Waals surface area (Å²) < 4.78 is 9.94. The van der Waals surface area contributed by atoms with Crippen molar-refractivity contribution < 1.29 is 9.47 Å². The molecule has 2 nitrogen and oxygen atoms in total. The number of benzene rings is 1. The summed E-state index contributed by atoms with van der Waals surface area (Å²) >= 11 is 5.91. The van der Waals surface area contributed by atoms with Gasteiger partial charge in [-0.25, -0.2) is 0 Å². The van der Waals surface area contributed by atoms with Crippen LogP contribution in [0.1, 0.15) is 5.56 Å². The van der Waals surface area contributed by atoms with Crippen molar-refractivity contribution in [1.82, 2.24) is 0 Å². The smallest absolute Gasteiger partial charge is 0.144 e. The van der Waals surface area contributed by atoms with Crippen molar-refractivity contribution in [1.29, 1.82) is 0 Å². The second-order valence-corrected chi connectivity index (χ2v) is 2.81. The molecular formula is C10H11ClO2. The predicted octanol–water partition coefficient (Wildman–Crippen LogP) is 2.97. The first-order valence-electron chi connectivity index (χ1n) is 3.81. The topological polar surface area (TPSA) is 18.5 Å². The second kappa shape index (κ2) is 4.77. The lowest BCUT2D eigenvalue weighted by molar-refractivity contribution is 0.341. The molecule has 0 unspecified atom stereocenters. The number of rotatable bonds is 3. The number of methoxy groups -OCH3 is 2. The van der Waals surface area contributed by atoms with Crippen LogP contribution in [0.4, 0.5) is 0 Å². The van der Waals surface area contributed by atoms with E-state index in [0.29, 0.717) is 10.8 Å². The lowest BCUT2D eigenvalue weighted by atomic mass is 10.2. The highest BCUT2D eigenvalue weighted by atomic mass is 35.5. The Bertz CT molecular complexity index is 308. The average molecular weight is 199 g/mol. The molecule has 0 aliphatic rings. The Morgan fingerprint density at radius 1 is 1.31 bits per heavy atom. The number of para-hydroxylation sites is 1. The van der Waals surface area contributed by atoms with E-state index >= 15 is 0 Å². The quantitative estimate of drug-likeness (QED) is 0.696. The SMILES string of the molecule is CO/C=C/c1cccc(Cl)c1OC. The van der Waals surface area contributed by atoms with Crippen LogP contribution in [0.15, 0.2) is 24.5 Å². The fourth-order valence-corrected chi connectivity index (χ4v) is 1.27. The summed E-state index contributed by atoms with van der Waals surface area (Å²) in [6.45, 7) is 0.